The molecule has 0 spiro atoms. The number of aromatic nitrogens is 5. The van der Waals surface area contributed by atoms with Crippen LogP contribution in [0.5, 0.6) is 0 Å². The van der Waals surface area contributed by atoms with E-state index < -0.39 is 0 Å². The molecule has 0 bridgehead atoms. The van der Waals surface area contributed by atoms with Gasteiger partial charge in [-0.1, -0.05) is 6.07 Å². The molecule has 1 aromatic carbocycles. The van der Waals surface area contributed by atoms with Gasteiger partial charge in [0.1, 0.15) is 12.0 Å². The third-order valence-electron chi connectivity index (χ3n) is 4.80. The second kappa shape index (κ2) is 7.43. The van der Waals surface area contributed by atoms with Crippen LogP contribution >= 0.6 is 0 Å². The summed E-state index contributed by atoms with van der Waals surface area (Å²) in [6.45, 7) is 0.993. The van der Waals surface area contributed by atoms with E-state index in [1.807, 2.05) is 49.3 Å². The second-order valence-corrected chi connectivity index (χ2v) is 7.12. The molecule has 4 rings (SSSR count). The van der Waals surface area contributed by atoms with Crippen LogP contribution in [0.15, 0.2) is 36.7 Å². The van der Waals surface area contributed by atoms with Crippen LogP contribution in [0.4, 0.5) is 11.6 Å². The van der Waals surface area contributed by atoms with Gasteiger partial charge < -0.3 is 15.5 Å². The smallest absolute Gasteiger partial charge is 0.273 e. The topological polar surface area (TPSA) is 92.9 Å². The van der Waals surface area contributed by atoms with Crippen LogP contribution in [0, 0.1) is 0 Å². The summed E-state index contributed by atoms with van der Waals surface area (Å²) >= 11 is 0. The van der Waals surface area contributed by atoms with Gasteiger partial charge in [0.2, 0.25) is 5.95 Å². The SMILES string of the molecule is CN(C)c1ncn(-c2cccc(NC(=O)c3cc(C4CCCN4)nn3C)c2)n1. The van der Waals surface area contributed by atoms with E-state index in [-0.39, 0.29) is 11.9 Å². The minimum absolute atomic E-state index is 0.191. The molecular formula is C19H24N8O. The molecule has 1 aliphatic heterocycles. The van der Waals surface area contributed by atoms with Crippen molar-refractivity contribution in [3.63, 3.8) is 0 Å². The molecule has 0 radical (unpaired) electrons. The zero-order valence-corrected chi connectivity index (χ0v) is 16.3. The number of hydrogen-bond donors (Lipinski definition) is 2. The van der Waals surface area contributed by atoms with E-state index in [2.05, 4.69) is 25.8 Å². The van der Waals surface area contributed by atoms with Crippen molar-refractivity contribution in [2.45, 2.75) is 18.9 Å². The fourth-order valence-corrected chi connectivity index (χ4v) is 3.31. The van der Waals surface area contributed by atoms with Crippen LogP contribution in [-0.4, -0.2) is 51.1 Å². The highest BCUT2D eigenvalue weighted by Gasteiger charge is 2.22. The molecule has 9 nitrogen and oxygen atoms in total. The molecule has 2 N–H and O–H groups in total. The Morgan fingerprint density at radius 2 is 2.14 bits per heavy atom. The molecule has 1 atom stereocenters. The maximum Gasteiger partial charge on any atom is 0.273 e. The van der Waals surface area contributed by atoms with Crippen LogP contribution in [0.2, 0.25) is 0 Å². The minimum Gasteiger partial charge on any atom is -0.346 e. The molecule has 146 valence electrons. The number of nitrogens with zero attached hydrogens (tertiary/aromatic N) is 6. The molecule has 28 heavy (non-hydrogen) atoms. The standard InChI is InChI=1S/C19H24N8O/c1-25(2)19-21-12-27(24-19)14-7-4-6-13(10-14)22-18(28)17-11-16(23-26(17)3)15-8-5-9-20-15/h4,6-7,10-12,15,20H,5,8-9H2,1-3H3,(H,22,28). The van der Waals surface area contributed by atoms with Gasteiger partial charge in [-0.25, -0.2) is 4.68 Å². The molecule has 0 aliphatic carbocycles. The fraction of sp³-hybridized carbons (Fsp3) is 0.368. The van der Waals surface area contributed by atoms with Crippen molar-refractivity contribution in [2.75, 3.05) is 30.9 Å². The number of amides is 1. The maximum absolute atomic E-state index is 12.8. The predicted octanol–water partition coefficient (Wildman–Crippen LogP) is 1.74. The van der Waals surface area contributed by atoms with Crippen LogP contribution < -0.4 is 15.5 Å². The van der Waals surface area contributed by atoms with Gasteiger partial charge >= 0.3 is 0 Å². The normalized spacial score (nSPS) is 16.3. The monoisotopic (exact) mass is 380 g/mol. The second-order valence-electron chi connectivity index (χ2n) is 7.12. The van der Waals surface area contributed by atoms with Crippen molar-refractivity contribution >= 4 is 17.5 Å². The highest BCUT2D eigenvalue weighted by atomic mass is 16.2. The number of nitrogens with one attached hydrogen (secondary N) is 2. The van der Waals surface area contributed by atoms with Crippen molar-refractivity contribution in [3.8, 4) is 5.69 Å². The summed E-state index contributed by atoms with van der Waals surface area (Å²) in [6, 6.07) is 9.59. The van der Waals surface area contributed by atoms with E-state index in [1.54, 1.807) is 22.7 Å². The van der Waals surface area contributed by atoms with Crippen LogP contribution in [-0.2, 0) is 7.05 Å². The quantitative estimate of drug-likeness (QED) is 0.700. The summed E-state index contributed by atoms with van der Waals surface area (Å²) in [6.07, 6.45) is 3.83. The van der Waals surface area contributed by atoms with E-state index in [1.165, 1.54) is 0 Å². The molecule has 9 heteroatoms. The Morgan fingerprint density at radius 3 is 2.86 bits per heavy atom. The van der Waals surface area contributed by atoms with Gasteiger partial charge in [-0.3, -0.25) is 9.48 Å². The summed E-state index contributed by atoms with van der Waals surface area (Å²) < 4.78 is 3.31. The van der Waals surface area contributed by atoms with Gasteiger partial charge in [0, 0.05) is 26.8 Å². The largest absolute Gasteiger partial charge is 0.346 e. The maximum atomic E-state index is 12.8. The zero-order chi connectivity index (χ0) is 19.7. The first-order valence-corrected chi connectivity index (χ1v) is 9.29. The van der Waals surface area contributed by atoms with Gasteiger partial charge in [-0.2, -0.15) is 10.1 Å². The van der Waals surface area contributed by atoms with Crippen molar-refractivity contribution < 1.29 is 4.79 Å². The molecule has 1 amide bonds. The zero-order valence-electron chi connectivity index (χ0n) is 16.3. The Kier molecular flexibility index (Phi) is 4.82. The lowest BCUT2D eigenvalue weighted by molar-refractivity contribution is 0.101. The van der Waals surface area contributed by atoms with E-state index in [4.69, 9.17) is 0 Å². The first-order valence-electron chi connectivity index (χ1n) is 9.29. The number of anilines is 2. The molecule has 1 fully saturated rings. The van der Waals surface area contributed by atoms with Gasteiger partial charge in [-0.05, 0) is 43.7 Å². The van der Waals surface area contributed by atoms with Gasteiger partial charge in [0.05, 0.1) is 17.4 Å². The number of aryl methyl sites for hydroxylation is 1. The van der Waals surface area contributed by atoms with Crippen LogP contribution in [0.1, 0.15) is 35.1 Å². The van der Waals surface area contributed by atoms with E-state index in [0.717, 1.165) is 30.8 Å². The number of carbonyl (C=O) groups is 1. The summed E-state index contributed by atoms with van der Waals surface area (Å²) in [7, 11) is 5.57. The fourth-order valence-electron chi connectivity index (χ4n) is 3.31. The molecule has 3 aromatic rings. The average Bonchev–Trinajstić information content (AvgIpc) is 3.42. The van der Waals surface area contributed by atoms with Gasteiger partial charge in [0.25, 0.3) is 5.91 Å². The predicted molar refractivity (Wildman–Crippen MR) is 107 cm³/mol. The molecule has 1 saturated heterocycles. The van der Waals surface area contributed by atoms with E-state index in [0.29, 0.717) is 17.3 Å². The Balaban J connectivity index is 1.52. The molecule has 0 saturated carbocycles. The van der Waals surface area contributed by atoms with Crippen LogP contribution in [0.25, 0.3) is 5.69 Å². The summed E-state index contributed by atoms with van der Waals surface area (Å²) in [4.78, 5) is 18.9. The van der Waals surface area contributed by atoms with Crippen molar-refractivity contribution in [2.24, 2.45) is 7.05 Å². The average molecular weight is 380 g/mol. The lowest BCUT2D eigenvalue weighted by Crippen LogP contribution is -2.16. The van der Waals surface area contributed by atoms with Gasteiger partial charge in [0.15, 0.2) is 0 Å². The lowest BCUT2D eigenvalue weighted by atomic mass is 10.1. The minimum atomic E-state index is -0.191. The number of benzene rings is 1. The third kappa shape index (κ3) is 3.61. The molecular weight excluding hydrogens is 356 g/mol. The lowest BCUT2D eigenvalue weighted by Gasteiger charge is -2.08. The first kappa shape index (κ1) is 18.2. The van der Waals surface area contributed by atoms with Crippen molar-refractivity contribution in [1.82, 2.24) is 29.9 Å². The number of hydrogen-bond acceptors (Lipinski definition) is 6. The Bertz CT molecular complexity index is 983. The third-order valence-corrected chi connectivity index (χ3v) is 4.80. The van der Waals surface area contributed by atoms with E-state index in [9.17, 15) is 4.79 Å². The summed E-state index contributed by atoms with van der Waals surface area (Å²) in [5.74, 6) is 0.432. The van der Waals surface area contributed by atoms with E-state index >= 15 is 0 Å². The van der Waals surface area contributed by atoms with Crippen LogP contribution in [0.3, 0.4) is 0 Å². The summed E-state index contributed by atoms with van der Waals surface area (Å²) in [5, 5.41) is 15.3. The molecule has 1 aliphatic rings. The molecule has 3 heterocycles. The first-order chi connectivity index (χ1) is 13.5. The van der Waals surface area contributed by atoms with Crippen molar-refractivity contribution in [3.05, 3.63) is 48.0 Å². The Hall–Kier alpha value is -3.20. The number of rotatable bonds is 5. The Labute approximate surface area is 163 Å². The Morgan fingerprint density at radius 1 is 1.29 bits per heavy atom. The highest BCUT2D eigenvalue weighted by Crippen LogP contribution is 2.23. The molecule has 1 unspecified atom stereocenters. The number of carbonyl (C=O) groups excluding carboxylic acids is 1. The van der Waals surface area contributed by atoms with Crippen molar-refractivity contribution in [1.29, 1.82) is 0 Å². The van der Waals surface area contributed by atoms with Gasteiger partial charge in [-0.15, -0.1) is 5.10 Å². The highest BCUT2D eigenvalue weighted by molar-refractivity contribution is 6.03. The summed E-state index contributed by atoms with van der Waals surface area (Å²) in [5.41, 5.74) is 2.95. The molecule has 2 aromatic heterocycles.